The normalized spacial score (nSPS) is 11.5. The SMILES string of the molecule is CC(C)Cn1ccnc(Sc2nc3ccc(Cl)cc3[nH]2)c1=O. The van der Waals surface area contributed by atoms with Crippen LogP contribution in [0.3, 0.4) is 0 Å². The monoisotopic (exact) mass is 334 g/mol. The van der Waals surface area contributed by atoms with Gasteiger partial charge in [-0.2, -0.15) is 0 Å². The van der Waals surface area contributed by atoms with Crippen LogP contribution in [-0.4, -0.2) is 19.5 Å². The average Bonchev–Trinajstić information content (AvgIpc) is 2.84. The third-order valence-corrected chi connectivity index (χ3v) is 4.15. The second kappa shape index (κ2) is 6.14. The van der Waals surface area contributed by atoms with Crippen LogP contribution in [0.25, 0.3) is 11.0 Å². The van der Waals surface area contributed by atoms with E-state index in [0.717, 1.165) is 11.0 Å². The molecule has 0 radical (unpaired) electrons. The van der Waals surface area contributed by atoms with Gasteiger partial charge < -0.3 is 9.55 Å². The fourth-order valence-corrected chi connectivity index (χ4v) is 3.11. The van der Waals surface area contributed by atoms with E-state index in [-0.39, 0.29) is 5.56 Å². The predicted molar refractivity (Wildman–Crippen MR) is 88.6 cm³/mol. The van der Waals surface area contributed by atoms with Gasteiger partial charge in [0.05, 0.1) is 11.0 Å². The van der Waals surface area contributed by atoms with Gasteiger partial charge in [-0.15, -0.1) is 0 Å². The minimum atomic E-state index is -0.0975. The highest BCUT2D eigenvalue weighted by Gasteiger charge is 2.11. The van der Waals surface area contributed by atoms with E-state index in [2.05, 4.69) is 28.8 Å². The first-order chi connectivity index (χ1) is 10.5. The summed E-state index contributed by atoms with van der Waals surface area (Å²) in [5.41, 5.74) is 1.55. The van der Waals surface area contributed by atoms with Gasteiger partial charge in [0, 0.05) is 24.0 Å². The maximum absolute atomic E-state index is 12.4. The molecule has 3 aromatic rings. The minimum Gasteiger partial charge on any atom is -0.333 e. The molecule has 2 heterocycles. The topological polar surface area (TPSA) is 63.6 Å². The van der Waals surface area contributed by atoms with Crippen LogP contribution in [0.5, 0.6) is 0 Å². The van der Waals surface area contributed by atoms with Crippen molar-refractivity contribution in [2.45, 2.75) is 30.6 Å². The molecule has 0 saturated heterocycles. The molecule has 0 aliphatic carbocycles. The molecule has 0 unspecified atom stereocenters. The number of hydrogen-bond acceptors (Lipinski definition) is 4. The number of imidazole rings is 1. The molecule has 1 aromatic carbocycles. The molecule has 0 aliphatic rings. The van der Waals surface area contributed by atoms with E-state index >= 15 is 0 Å². The summed E-state index contributed by atoms with van der Waals surface area (Å²) in [6, 6.07) is 5.44. The Labute approximate surface area is 136 Å². The van der Waals surface area contributed by atoms with E-state index in [4.69, 9.17) is 11.6 Å². The highest BCUT2D eigenvalue weighted by atomic mass is 35.5. The quantitative estimate of drug-likeness (QED) is 0.792. The summed E-state index contributed by atoms with van der Waals surface area (Å²) in [5.74, 6) is 0.395. The van der Waals surface area contributed by atoms with E-state index in [9.17, 15) is 4.79 Å². The number of aromatic nitrogens is 4. The van der Waals surface area contributed by atoms with Crippen molar-refractivity contribution in [3.63, 3.8) is 0 Å². The number of aromatic amines is 1. The van der Waals surface area contributed by atoms with Gasteiger partial charge in [0.2, 0.25) is 0 Å². The molecule has 0 fully saturated rings. The number of H-pyrrole nitrogens is 1. The summed E-state index contributed by atoms with van der Waals surface area (Å²) < 4.78 is 1.68. The number of nitrogens with one attached hydrogen (secondary N) is 1. The average molecular weight is 335 g/mol. The van der Waals surface area contributed by atoms with Crippen LogP contribution in [0.2, 0.25) is 5.02 Å². The summed E-state index contributed by atoms with van der Waals surface area (Å²) in [6.07, 6.45) is 3.36. The van der Waals surface area contributed by atoms with Crippen molar-refractivity contribution in [3.8, 4) is 0 Å². The Bertz CT molecular complexity index is 871. The first kappa shape index (κ1) is 15.1. The van der Waals surface area contributed by atoms with E-state index in [1.165, 1.54) is 11.8 Å². The lowest BCUT2D eigenvalue weighted by molar-refractivity contribution is 0.502. The third kappa shape index (κ3) is 3.18. The molecule has 5 nitrogen and oxygen atoms in total. The predicted octanol–water partition coefficient (Wildman–Crippen LogP) is 3.58. The van der Waals surface area contributed by atoms with Crippen LogP contribution in [0.4, 0.5) is 0 Å². The van der Waals surface area contributed by atoms with Gasteiger partial charge >= 0.3 is 0 Å². The van der Waals surface area contributed by atoms with Crippen LogP contribution in [0.15, 0.2) is 45.6 Å². The van der Waals surface area contributed by atoms with Gasteiger partial charge in [-0.1, -0.05) is 25.4 Å². The molecule has 2 aromatic heterocycles. The Morgan fingerprint density at radius 3 is 3.00 bits per heavy atom. The number of nitrogens with zero attached hydrogens (tertiary/aromatic N) is 3. The largest absolute Gasteiger partial charge is 0.333 e. The second-order valence-electron chi connectivity index (χ2n) is 5.39. The summed E-state index contributed by atoms with van der Waals surface area (Å²) >= 11 is 7.20. The van der Waals surface area contributed by atoms with Gasteiger partial charge in [-0.25, -0.2) is 9.97 Å². The Balaban J connectivity index is 1.93. The Kier molecular flexibility index (Phi) is 4.22. The molecule has 22 heavy (non-hydrogen) atoms. The van der Waals surface area contributed by atoms with Gasteiger partial charge in [0.15, 0.2) is 10.2 Å². The summed E-state index contributed by atoms with van der Waals surface area (Å²) in [4.78, 5) is 24.2. The zero-order valence-corrected chi connectivity index (χ0v) is 13.8. The molecule has 0 bridgehead atoms. The number of halogens is 1. The Morgan fingerprint density at radius 1 is 1.41 bits per heavy atom. The van der Waals surface area contributed by atoms with Crippen molar-refractivity contribution in [2.24, 2.45) is 5.92 Å². The maximum Gasteiger partial charge on any atom is 0.283 e. The molecule has 7 heteroatoms. The van der Waals surface area contributed by atoms with Crippen molar-refractivity contribution in [1.29, 1.82) is 0 Å². The number of benzene rings is 1. The summed E-state index contributed by atoms with van der Waals surface area (Å²) in [7, 11) is 0. The van der Waals surface area contributed by atoms with Crippen molar-refractivity contribution < 1.29 is 0 Å². The van der Waals surface area contributed by atoms with Gasteiger partial charge in [-0.3, -0.25) is 4.79 Å². The molecule has 0 saturated carbocycles. The molecule has 1 N–H and O–H groups in total. The molecule has 114 valence electrons. The number of rotatable bonds is 4. The number of hydrogen-bond donors (Lipinski definition) is 1. The van der Waals surface area contributed by atoms with E-state index in [1.807, 2.05) is 12.1 Å². The van der Waals surface area contributed by atoms with Gasteiger partial charge in [0.25, 0.3) is 5.56 Å². The van der Waals surface area contributed by atoms with Crippen LogP contribution in [0.1, 0.15) is 13.8 Å². The zero-order chi connectivity index (χ0) is 15.7. The standard InChI is InChI=1S/C15H15ClN4OS/c1-9(2)8-20-6-5-17-13(14(20)21)22-15-18-11-4-3-10(16)7-12(11)19-15/h3-7,9H,8H2,1-2H3,(H,18,19). The second-order valence-corrected chi connectivity index (χ2v) is 6.80. The van der Waals surface area contributed by atoms with Gasteiger partial charge in [0.1, 0.15) is 0 Å². The smallest absolute Gasteiger partial charge is 0.283 e. The Hall–Kier alpha value is -1.79. The van der Waals surface area contributed by atoms with Crippen molar-refractivity contribution in [2.75, 3.05) is 0 Å². The summed E-state index contributed by atoms with van der Waals surface area (Å²) in [5, 5.41) is 1.68. The highest BCUT2D eigenvalue weighted by molar-refractivity contribution is 7.99. The van der Waals surface area contributed by atoms with Crippen LogP contribution in [0, 0.1) is 5.92 Å². The molecule has 0 aliphatic heterocycles. The first-order valence-electron chi connectivity index (χ1n) is 6.91. The lowest BCUT2D eigenvalue weighted by atomic mass is 10.2. The van der Waals surface area contributed by atoms with E-state index in [1.54, 1.807) is 23.0 Å². The minimum absolute atomic E-state index is 0.0975. The van der Waals surface area contributed by atoms with Crippen LogP contribution >= 0.6 is 23.4 Å². The van der Waals surface area contributed by atoms with Gasteiger partial charge in [-0.05, 0) is 35.9 Å². The molecule has 0 spiro atoms. The Morgan fingerprint density at radius 2 is 2.23 bits per heavy atom. The maximum atomic E-state index is 12.4. The lowest BCUT2D eigenvalue weighted by Crippen LogP contribution is -2.24. The molecule has 3 rings (SSSR count). The van der Waals surface area contributed by atoms with Crippen molar-refractivity contribution in [3.05, 3.63) is 46.0 Å². The molecule has 0 amide bonds. The molecule has 0 atom stereocenters. The summed E-state index contributed by atoms with van der Waals surface area (Å²) in [6.45, 7) is 4.82. The molecular formula is C15H15ClN4OS. The fourth-order valence-electron chi connectivity index (χ4n) is 2.13. The van der Waals surface area contributed by atoms with Crippen LogP contribution < -0.4 is 5.56 Å². The van der Waals surface area contributed by atoms with E-state index in [0.29, 0.717) is 27.7 Å². The fraction of sp³-hybridized carbons (Fsp3) is 0.267. The first-order valence-corrected chi connectivity index (χ1v) is 8.11. The third-order valence-electron chi connectivity index (χ3n) is 3.06. The molecular weight excluding hydrogens is 320 g/mol. The van der Waals surface area contributed by atoms with E-state index < -0.39 is 0 Å². The van der Waals surface area contributed by atoms with Crippen LogP contribution in [-0.2, 0) is 6.54 Å². The zero-order valence-electron chi connectivity index (χ0n) is 12.2. The van der Waals surface area contributed by atoms with Crippen molar-refractivity contribution >= 4 is 34.4 Å². The number of fused-ring (bicyclic) bond motifs is 1. The highest BCUT2D eigenvalue weighted by Crippen LogP contribution is 2.25. The lowest BCUT2D eigenvalue weighted by Gasteiger charge is -2.08. The van der Waals surface area contributed by atoms with Crippen molar-refractivity contribution in [1.82, 2.24) is 19.5 Å².